The lowest BCUT2D eigenvalue weighted by molar-refractivity contribution is -0.122. The Morgan fingerprint density at radius 1 is 1.45 bits per heavy atom. The number of nitrogens with one attached hydrogen (secondary N) is 1. The number of nitrogens with zero attached hydrogens (tertiary/aromatic N) is 1. The molecule has 20 heavy (non-hydrogen) atoms. The number of carbonyl (C=O) groups excluding carboxylic acids is 1. The second-order valence-electron chi connectivity index (χ2n) is 5.22. The van der Waals surface area contributed by atoms with E-state index < -0.39 is 0 Å². The highest BCUT2D eigenvalue weighted by Gasteiger charge is 2.24. The molecule has 110 valence electrons. The molecule has 2 rings (SSSR count). The van der Waals surface area contributed by atoms with Gasteiger partial charge in [0.15, 0.2) is 0 Å². The molecular formula is C15H22ClN3O. The third kappa shape index (κ3) is 3.64. The van der Waals surface area contributed by atoms with Gasteiger partial charge in [-0.1, -0.05) is 18.5 Å². The van der Waals surface area contributed by atoms with Gasteiger partial charge in [0.05, 0.1) is 0 Å². The lowest BCUT2D eigenvalue weighted by Crippen LogP contribution is -2.39. The van der Waals surface area contributed by atoms with Crippen molar-refractivity contribution < 1.29 is 4.79 Å². The summed E-state index contributed by atoms with van der Waals surface area (Å²) in [4.78, 5) is 13.5. The molecule has 1 aliphatic heterocycles. The average Bonchev–Trinajstić information content (AvgIpc) is 2.45. The number of carbonyl (C=O) groups is 1. The number of anilines is 1. The maximum atomic E-state index is 11.2. The first-order valence-corrected chi connectivity index (χ1v) is 7.53. The van der Waals surface area contributed by atoms with Crippen LogP contribution >= 0.6 is 11.6 Å². The van der Waals surface area contributed by atoms with Crippen LogP contribution in [0.5, 0.6) is 0 Å². The van der Waals surface area contributed by atoms with E-state index >= 15 is 0 Å². The van der Waals surface area contributed by atoms with Crippen molar-refractivity contribution in [3.8, 4) is 0 Å². The van der Waals surface area contributed by atoms with E-state index in [-0.39, 0.29) is 11.8 Å². The maximum absolute atomic E-state index is 11.2. The highest BCUT2D eigenvalue weighted by Crippen LogP contribution is 2.28. The molecule has 5 heteroatoms. The van der Waals surface area contributed by atoms with Crippen LogP contribution in [0.25, 0.3) is 0 Å². The molecule has 0 aliphatic carbocycles. The van der Waals surface area contributed by atoms with E-state index in [9.17, 15) is 4.79 Å². The fourth-order valence-corrected chi connectivity index (χ4v) is 2.86. The third-order valence-electron chi connectivity index (χ3n) is 3.85. The Balaban J connectivity index is 2.10. The van der Waals surface area contributed by atoms with Crippen molar-refractivity contribution in [3.05, 3.63) is 28.8 Å². The number of nitrogens with two attached hydrogens (primary N) is 1. The number of primary amides is 1. The van der Waals surface area contributed by atoms with Gasteiger partial charge in [0, 0.05) is 36.3 Å². The van der Waals surface area contributed by atoms with Gasteiger partial charge < -0.3 is 16.0 Å². The van der Waals surface area contributed by atoms with E-state index in [4.69, 9.17) is 17.3 Å². The molecule has 1 amide bonds. The number of benzene rings is 1. The van der Waals surface area contributed by atoms with Gasteiger partial charge in [0.2, 0.25) is 5.91 Å². The van der Waals surface area contributed by atoms with E-state index in [1.54, 1.807) is 0 Å². The molecule has 0 spiro atoms. The first-order valence-electron chi connectivity index (χ1n) is 7.15. The molecule has 0 bridgehead atoms. The summed E-state index contributed by atoms with van der Waals surface area (Å²) in [5.74, 6) is -0.149. The minimum Gasteiger partial charge on any atom is -0.371 e. The average molecular weight is 296 g/mol. The highest BCUT2D eigenvalue weighted by atomic mass is 35.5. The van der Waals surface area contributed by atoms with Crippen LogP contribution in [0.2, 0.25) is 5.02 Å². The van der Waals surface area contributed by atoms with Gasteiger partial charge in [-0.2, -0.15) is 0 Å². The van der Waals surface area contributed by atoms with E-state index in [1.807, 2.05) is 12.1 Å². The largest absolute Gasteiger partial charge is 0.371 e. The molecule has 1 aromatic rings. The monoisotopic (exact) mass is 295 g/mol. The summed E-state index contributed by atoms with van der Waals surface area (Å²) in [5.41, 5.74) is 7.79. The van der Waals surface area contributed by atoms with Crippen molar-refractivity contribution in [2.45, 2.75) is 26.3 Å². The van der Waals surface area contributed by atoms with Gasteiger partial charge in [0.25, 0.3) is 0 Å². The maximum Gasteiger partial charge on any atom is 0.220 e. The summed E-state index contributed by atoms with van der Waals surface area (Å²) in [6.07, 6.45) is 1.66. The van der Waals surface area contributed by atoms with Crippen molar-refractivity contribution in [2.75, 3.05) is 24.5 Å². The van der Waals surface area contributed by atoms with E-state index in [0.717, 1.165) is 44.0 Å². The van der Waals surface area contributed by atoms with Crippen LogP contribution in [0.3, 0.4) is 0 Å². The molecule has 3 N–H and O–H groups in total. The first kappa shape index (κ1) is 15.1. The molecule has 4 nitrogen and oxygen atoms in total. The molecule has 1 heterocycles. The van der Waals surface area contributed by atoms with Crippen LogP contribution in [-0.4, -0.2) is 25.5 Å². The minimum absolute atomic E-state index is 0.0239. The van der Waals surface area contributed by atoms with Crippen molar-refractivity contribution in [2.24, 2.45) is 11.7 Å². The Morgan fingerprint density at radius 3 is 2.75 bits per heavy atom. The quantitative estimate of drug-likeness (QED) is 0.875. The lowest BCUT2D eigenvalue weighted by Gasteiger charge is -2.33. The summed E-state index contributed by atoms with van der Waals surface area (Å²) >= 11 is 6.09. The van der Waals surface area contributed by atoms with Crippen LogP contribution < -0.4 is 16.0 Å². The minimum atomic E-state index is -0.173. The van der Waals surface area contributed by atoms with Gasteiger partial charge in [-0.15, -0.1) is 0 Å². The zero-order valence-electron chi connectivity index (χ0n) is 11.9. The normalized spacial score (nSPS) is 16.4. The van der Waals surface area contributed by atoms with Crippen LogP contribution in [-0.2, 0) is 11.3 Å². The topological polar surface area (TPSA) is 58.4 Å². The highest BCUT2D eigenvalue weighted by molar-refractivity contribution is 6.30. The molecule has 1 aromatic carbocycles. The number of amides is 1. The molecule has 1 aliphatic rings. The fourth-order valence-electron chi connectivity index (χ4n) is 2.67. The van der Waals surface area contributed by atoms with Crippen molar-refractivity contribution in [3.63, 3.8) is 0 Å². The number of hydrogen-bond donors (Lipinski definition) is 2. The Labute approximate surface area is 125 Å². The number of rotatable bonds is 5. The predicted molar refractivity (Wildman–Crippen MR) is 83.0 cm³/mol. The van der Waals surface area contributed by atoms with Gasteiger partial charge in [0.1, 0.15) is 0 Å². The predicted octanol–water partition coefficient (Wildman–Crippen LogP) is 2.15. The summed E-state index contributed by atoms with van der Waals surface area (Å²) in [6, 6.07) is 6.01. The summed E-state index contributed by atoms with van der Waals surface area (Å²) in [7, 11) is 0. The standard InChI is InChI=1S/C15H22ClN3O/c1-2-18-10-12-9-13(16)3-4-14(12)19-7-5-11(6-8-19)15(17)20/h3-4,9,11,18H,2,5-8,10H2,1H3,(H2,17,20). The van der Waals surface area contributed by atoms with E-state index in [0.29, 0.717) is 0 Å². The molecule has 1 saturated heterocycles. The molecular weight excluding hydrogens is 274 g/mol. The smallest absolute Gasteiger partial charge is 0.220 e. The van der Waals surface area contributed by atoms with Gasteiger partial charge in [-0.3, -0.25) is 4.79 Å². The third-order valence-corrected chi connectivity index (χ3v) is 4.08. The van der Waals surface area contributed by atoms with Gasteiger partial charge in [-0.25, -0.2) is 0 Å². The van der Waals surface area contributed by atoms with E-state index in [2.05, 4.69) is 23.2 Å². The van der Waals surface area contributed by atoms with Crippen LogP contribution in [0.15, 0.2) is 18.2 Å². The summed E-state index contributed by atoms with van der Waals surface area (Å²) < 4.78 is 0. The second-order valence-corrected chi connectivity index (χ2v) is 5.65. The molecule has 0 atom stereocenters. The van der Waals surface area contributed by atoms with Crippen LogP contribution in [0.4, 0.5) is 5.69 Å². The van der Waals surface area contributed by atoms with Crippen LogP contribution in [0.1, 0.15) is 25.3 Å². The molecule has 1 fully saturated rings. The van der Waals surface area contributed by atoms with E-state index in [1.165, 1.54) is 11.3 Å². The Bertz CT molecular complexity index is 470. The Kier molecular flexibility index (Phi) is 5.26. The molecule has 0 radical (unpaired) electrons. The van der Waals surface area contributed by atoms with Crippen molar-refractivity contribution in [1.82, 2.24) is 5.32 Å². The molecule has 0 saturated carbocycles. The summed E-state index contributed by atoms with van der Waals surface area (Å²) in [5, 5.41) is 4.10. The van der Waals surface area contributed by atoms with Gasteiger partial charge in [-0.05, 0) is 43.1 Å². The lowest BCUT2D eigenvalue weighted by atomic mass is 9.95. The number of piperidine rings is 1. The first-order chi connectivity index (χ1) is 9.61. The van der Waals surface area contributed by atoms with Crippen LogP contribution in [0, 0.1) is 5.92 Å². The SMILES string of the molecule is CCNCc1cc(Cl)ccc1N1CCC(C(N)=O)CC1. The Hall–Kier alpha value is -1.26. The fraction of sp³-hybridized carbons (Fsp3) is 0.533. The van der Waals surface area contributed by atoms with Crippen molar-refractivity contribution >= 4 is 23.2 Å². The van der Waals surface area contributed by atoms with Crippen molar-refractivity contribution in [1.29, 1.82) is 0 Å². The number of halogens is 1. The van der Waals surface area contributed by atoms with Gasteiger partial charge >= 0.3 is 0 Å². The zero-order chi connectivity index (χ0) is 14.5. The Morgan fingerprint density at radius 2 is 2.15 bits per heavy atom. The molecule has 0 aromatic heterocycles. The molecule has 0 unspecified atom stereocenters. The second kappa shape index (κ2) is 6.95. The number of hydrogen-bond acceptors (Lipinski definition) is 3. The zero-order valence-corrected chi connectivity index (χ0v) is 12.6. The summed E-state index contributed by atoms with van der Waals surface area (Å²) in [6.45, 7) is 5.56.